The minimum Gasteiger partial charge on any atom is -0.491 e. The summed E-state index contributed by atoms with van der Waals surface area (Å²) in [6.45, 7) is 6.51. The average molecular weight is 368 g/mol. The van der Waals surface area contributed by atoms with Crippen LogP contribution in [0.3, 0.4) is 0 Å². The van der Waals surface area contributed by atoms with Gasteiger partial charge < -0.3 is 19.7 Å². The molecule has 1 aliphatic rings. The Bertz CT molecular complexity index is 763. The highest BCUT2D eigenvalue weighted by Crippen LogP contribution is 2.36. The summed E-state index contributed by atoms with van der Waals surface area (Å²) in [6, 6.07) is 15.6. The van der Waals surface area contributed by atoms with Gasteiger partial charge in [-0.15, -0.1) is 0 Å². The molecule has 144 valence electrons. The lowest BCUT2D eigenvalue weighted by Crippen LogP contribution is -2.43. The van der Waals surface area contributed by atoms with Gasteiger partial charge >= 0.3 is 0 Å². The minimum absolute atomic E-state index is 0.0620. The Hall–Kier alpha value is -2.53. The van der Waals surface area contributed by atoms with Crippen molar-refractivity contribution in [3.8, 4) is 5.75 Å². The minimum atomic E-state index is -0.248. The van der Waals surface area contributed by atoms with Crippen molar-refractivity contribution in [2.75, 3.05) is 31.7 Å². The fraction of sp³-hybridized carbons (Fsp3) is 0.409. The second kappa shape index (κ2) is 9.42. The average Bonchev–Trinajstić information content (AvgIpc) is 2.71. The number of rotatable bonds is 9. The van der Waals surface area contributed by atoms with Gasteiger partial charge in [-0.3, -0.25) is 4.79 Å². The molecule has 1 heterocycles. The van der Waals surface area contributed by atoms with Crippen molar-refractivity contribution < 1.29 is 14.3 Å². The van der Waals surface area contributed by atoms with E-state index in [0.717, 1.165) is 35.4 Å². The Balaban J connectivity index is 1.90. The summed E-state index contributed by atoms with van der Waals surface area (Å²) < 4.78 is 11.3. The lowest BCUT2D eigenvalue weighted by molar-refractivity contribution is 0.0675. The molecular formula is C22H28N2O3. The maximum atomic E-state index is 13.1. The van der Waals surface area contributed by atoms with Crippen molar-refractivity contribution in [2.45, 2.75) is 32.9 Å². The highest BCUT2D eigenvalue weighted by molar-refractivity contribution is 6.01. The normalized spacial score (nSPS) is 16.0. The molecule has 2 aromatic rings. The molecule has 0 bridgehead atoms. The van der Waals surface area contributed by atoms with Gasteiger partial charge in [0.1, 0.15) is 18.5 Å². The highest BCUT2D eigenvalue weighted by atomic mass is 16.5. The molecule has 0 saturated carbocycles. The van der Waals surface area contributed by atoms with Crippen molar-refractivity contribution in [1.29, 1.82) is 0 Å². The van der Waals surface area contributed by atoms with Crippen LogP contribution in [-0.4, -0.2) is 37.2 Å². The maximum absolute atomic E-state index is 13.1. The van der Waals surface area contributed by atoms with Crippen molar-refractivity contribution in [1.82, 2.24) is 4.90 Å². The number of carbonyl (C=O) groups is 1. The van der Waals surface area contributed by atoms with E-state index >= 15 is 0 Å². The van der Waals surface area contributed by atoms with Crippen LogP contribution in [0.4, 0.5) is 5.69 Å². The molecule has 0 fully saturated rings. The third-order valence-electron chi connectivity index (χ3n) is 4.68. The number of nitrogens with zero attached hydrogens (tertiary/aromatic N) is 1. The van der Waals surface area contributed by atoms with Gasteiger partial charge in [0.25, 0.3) is 5.91 Å². The first-order chi connectivity index (χ1) is 13.3. The van der Waals surface area contributed by atoms with Crippen LogP contribution in [0.1, 0.15) is 48.8 Å². The van der Waals surface area contributed by atoms with E-state index in [0.29, 0.717) is 26.4 Å². The van der Waals surface area contributed by atoms with E-state index in [2.05, 4.69) is 12.2 Å². The van der Waals surface area contributed by atoms with Gasteiger partial charge in [0, 0.05) is 24.4 Å². The highest BCUT2D eigenvalue weighted by Gasteiger charge is 2.33. The van der Waals surface area contributed by atoms with Crippen LogP contribution >= 0.6 is 0 Å². The second-order valence-corrected chi connectivity index (χ2v) is 6.53. The number of anilines is 1. The molecular weight excluding hydrogens is 340 g/mol. The largest absolute Gasteiger partial charge is 0.491 e. The quantitative estimate of drug-likeness (QED) is 0.664. The zero-order chi connectivity index (χ0) is 19.1. The Morgan fingerprint density at radius 2 is 1.81 bits per heavy atom. The van der Waals surface area contributed by atoms with Gasteiger partial charge in [0.15, 0.2) is 0 Å². The van der Waals surface area contributed by atoms with Gasteiger partial charge in [-0.25, -0.2) is 0 Å². The number of carbonyl (C=O) groups excluding carboxylic acids is 1. The van der Waals surface area contributed by atoms with Gasteiger partial charge in [-0.2, -0.15) is 0 Å². The van der Waals surface area contributed by atoms with Crippen LogP contribution in [0.25, 0.3) is 0 Å². The number of unbranched alkanes of at least 4 members (excludes halogenated alkanes) is 1. The monoisotopic (exact) mass is 368 g/mol. The van der Waals surface area contributed by atoms with E-state index < -0.39 is 0 Å². The number of ether oxygens (including phenoxy) is 2. The summed E-state index contributed by atoms with van der Waals surface area (Å²) in [5, 5.41) is 3.54. The number of para-hydroxylation sites is 2. The molecule has 0 aliphatic carbocycles. The van der Waals surface area contributed by atoms with Gasteiger partial charge in [0.2, 0.25) is 0 Å². The predicted molar refractivity (Wildman–Crippen MR) is 107 cm³/mol. The SMILES string of the molecule is CCCCN1C(=O)c2ccccc2NC1c1ccccc1OCCOCC. The van der Waals surface area contributed by atoms with Crippen LogP contribution in [0.15, 0.2) is 48.5 Å². The van der Waals surface area contributed by atoms with Gasteiger partial charge in [0.05, 0.1) is 12.2 Å². The standard InChI is InChI=1S/C22H28N2O3/c1-3-5-14-24-21(23-19-12-8-6-10-17(19)22(24)25)18-11-7-9-13-20(18)27-16-15-26-4-2/h6-13,21,23H,3-5,14-16H2,1-2H3. The topological polar surface area (TPSA) is 50.8 Å². The number of benzene rings is 2. The molecule has 2 aromatic carbocycles. The molecule has 1 N–H and O–H groups in total. The van der Waals surface area contributed by atoms with Gasteiger partial charge in [-0.05, 0) is 31.5 Å². The first-order valence-electron chi connectivity index (χ1n) is 9.72. The summed E-state index contributed by atoms with van der Waals surface area (Å²) in [4.78, 5) is 15.1. The zero-order valence-electron chi connectivity index (χ0n) is 16.1. The van der Waals surface area contributed by atoms with Crippen molar-refractivity contribution in [2.24, 2.45) is 0 Å². The smallest absolute Gasteiger partial charge is 0.257 e. The molecule has 0 saturated heterocycles. The van der Waals surface area contributed by atoms with E-state index in [1.807, 2.05) is 60.4 Å². The molecule has 1 atom stereocenters. The second-order valence-electron chi connectivity index (χ2n) is 6.53. The summed E-state index contributed by atoms with van der Waals surface area (Å²) >= 11 is 0. The fourth-order valence-electron chi connectivity index (χ4n) is 3.29. The third-order valence-corrected chi connectivity index (χ3v) is 4.68. The van der Waals surface area contributed by atoms with Crippen LogP contribution in [0.2, 0.25) is 0 Å². The van der Waals surface area contributed by atoms with Crippen LogP contribution < -0.4 is 10.1 Å². The number of nitrogens with one attached hydrogen (secondary N) is 1. The van der Waals surface area contributed by atoms with E-state index in [-0.39, 0.29) is 12.1 Å². The van der Waals surface area contributed by atoms with Gasteiger partial charge in [-0.1, -0.05) is 43.7 Å². The van der Waals surface area contributed by atoms with Crippen LogP contribution in [0, 0.1) is 0 Å². The lowest BCUT2D eigenvalue weighted by Gasteiger charge is -2.38. The molecule has 0 radical (unpaired) electrons. The lowest BCUT2D eigenvalue weighted by atomic mass is 10.0. The first-order valence-corrected chi connectivity index (χ1v) is 9.72. The molecule has 1 amide bonds. The summed E-state index contributed by atoms with van der Waals surface area (Å²) in [5.74, 6) is 0.843. The van der Waals surface area contributed by atoms with E-state index in [9.17, 15) is 4.79 Å². The molecule has 5 nitrogen and oxygen atoms in total. The molecule has 5 heteroatoms. The molecule has 0 aromatic heterocycles. The Morgan fingerprint density at radius 3 is 2.63 bits per heavy atom. The predicted octanol–water partition coefficient (Wildman–Crippen LogP) is 4.47. The third kappa shape index (κ3) is 4.42. The molecule has 1 unspecified atom stereocenters. The number of fused-ring (bicyclic) bond motifs is 1. The summed E-state index contributed by atoms with van der Waals surface area (Å²) in [7, 11) is 0. The molecule has 3 rings (SSSR count). The van der Waals surface area contributed by atoms with Crippen LogP contribution in [-0.2, 0) is 4.74 Å². The maximum Gasteiger partial charge on any atom is 0.257 e. The van der Waals surface area contributed by atoms with Crippen molar-refractivity contribution in [3.05, 3.63) is 59.7 Å². The first kappa shape index (κ1) is 19.2. The number of hydrogen-bond donors (Lipinski definition) is 1. The Morgan fingerprint density at radius 1 is 1.04 bits per heavy atom. The van der Waals surface area contributed by atoms with Crippen molar-refractivity contribution in [3.63, 3.8) is 0 Å². The summed E-state index contributed by atoms with van der Waals surface area (Å²) in [5.41, 5.74) is 2.55. The Labute approximate surface area is 161 Å². The zero-order valence-corrected chi connectivity index (χ0v) is 16.1. The number of amides is 1. The van der Waals surface area contributed by atoms with E-state index in [1.165, 1.54) is 0 Å². The fourth-order valence-corrected chi connectivity index (χ4v) is 3.29. The Kier molecular flexibility index (Phi) is 6.71. The van der Waals surface area contributed by atoms with E-state index in [4.69, 9.17) is 9.47 Å². The number of hydrogen-bond acceptors (Lipinski definition) is 4. The summed E-state index contributed by atoms with van der Waals surface area (Å²) in [6.07, 6.45) is 1.74. The van der Waals surface area contributed by atoms with Crippen LogP contribution in [0.5, 0.6) is 5.75 Å². The molecule has 27 heavy (non-hydrogen) atoms. The van der Waals surface area contributed by atoms with Crippen molar-refractivity contribution >= 4 is 11.6 Å². The van der Waals surface area contributed by atoms with E-state index in [1.54, 1.807) is 0 Å². The molecule has 1 aliphatic heterocycles. The molecule has 0 spiro atoms.